The SMILES string of the molecule is CSCCC(N)C(=O)Nc1ccc(CNc2ccccc2)cc1.Cl. The van der Waals surface area contributed by atoms with E-state index in [1.165, 1.54) is 0 Å². The van der Waals surface area contributed by atoms with Crippen LogP contribution in [0, 0.1) is 0 Å². The summed E-state index contributed by atoms with van der Waals surface area (Å²) in [7, 11) is 0. The second kappa shape index (κ2) is 11.0. The summed E-state index contributed by atoms with van der Waals surface area (Å²) in [5, 5.41) is 6.21. The summed E-state index contributed by atoms with van der Waals surface area (Å²) in [6.45, 7) is 0.742. The van der Waals surface area contributed by atoms with Gasteiger partial charge in [0.1, 0.15) is 0 Å². The van der Waals surface area contributed by atoms with E-state index in [2.05, 4.69) is 10.6 Å². The third-order valence-electron chi connectivity index (χ3n) is 3.46. The second-order valence-electron chi connectivity index (χ2n) is 5.29. The molecule has 0 heterocycles. The minimum Gasteiger partial charge on any atom is -0.381 e. The van der Waals surface area contributed by atoms with Crippen molar-refractivity contribution in [2.24, 2.45) is 5.73 Å². The zero-order chi connectivity index (χ0) is 16.5. The predicted octanol–water partition coefficient (Wildman–Crippen LogP) is 3.74. The maximum Gasteiger partial charge on any atom is 0.241 e. The van der Waals surface area contributed by atoms with Crippen molar-refractivity contribution in [1.29, 1.82) is 0 Å². The Hall–Kier alpha value is -1.69. The standard InChI is InChI=1S/C18H23N3OS.ClH/c1-23-12-11-17(19)18(22)21-16-9-7-14(8-10-16)13-20-15-5-3-2-4-6-15;/h2-10,17,20H,11-13,19H2,1H3,(H,21,22);1H. The molecule has 0 spiro atoms. The summed E-state index contributed by atoms with van der Waals surface area (Å²) in [4.78, 5) is 12.0. The van der Waals surface area contributed by atoms with Gasteiger partial charge in [0.2, 0.25) is 5.91 Å². The molecule has 0 radical (unpaired) electrons. The first-order chi connectivity index (χ1) is 11.2. The molecule has 0 bridgehead atoms. The largest absolute Gasteiger partial charge is 0.381 e. The number of carbonyl (C=O) groups is 1. The first-order valence-corrected chi connectivity index (χ1v) is 9.01. The highest BCUT2D eigenvalue weighted by atomic mass is 35.5. The van der Waals surface area contributed by atoms with E-state index in [1.54, 1.807) is 11.8 Å². The first kappa shape index (κ1) is 20.4. The van der Waals surface area contributed by atoms with E-state index in [0.29, 0.717) is 6.42 Å². The van der Waals surface area contributed by atoms with Gasteiger partial charge < -0.3 is 16.4 Å². The molecule has 1 amide bonds. The molecule has 0 fully saturated rings. The monoisotopic (exact) mass is 365 g/mol. The maximum absolute atomic E-state index is 12.0. The number of carbonyl (C=O) groups excluding carboxylic acids is 1. The number of nitrogens with two attached hydrogens (primary N) is 1. The fourth-order valence-electron chi connectivity index (χ4n) is 2.08. The van der Waals surface area contributed by atoms with Crippen molar-refractivity contribution in [2.45, 2.75) is 19.0 Å². The molecule has 24 heavy (non-hydrogen) atoms. The number of hydrogen-bond acceptors (Lipinski definition) is 4. The third-order valence-corrected chi connectivity index (χ3v) is 4.11. The summed E-state index contributed by atoms with van der Waals surface area (Å²) >= 11 is 1.69. The smallest absolute Gasteiger partial charge is 0.241 e. The average molecular weight is 366 g/mol. The molecular formula is C18H24ClN3OS. The van der Waals surface area contributed by atoms with Crippen LogP contribution in [0.15, 0.2) is 54.6 Å². The van der Waals surface area contributed by atoms with Gasteiger partial charge in [-0.25, -0.2) is 0 Å². The van der Waals surface area contributed by atoms with Gasteiger partial charge in [0.05, 0.1) is 6.04 Å². The van der Waals surface area contributed by atoms with Crippen LogP contribution in [-0.2, 0) is 11.3 Å². The number of halogens is 1. The van der Waals surface area contributed by atoms with Crippen LogP contribution in [0.3, 0.4) is 0 Å². The van der Waals surface area contributed by atoms with E-state index >= 15 is 0 Å². The number of amides is 1. The lowest BCUT2D eigenvalue weighted by Crippen LogP contribution is -2.36. The number of para-hydroxylation sites is 1. The highest BCUT2D eigenvalue weighted by molar-refractivity contribution is 7.98. The minimum absolute atomic E-state index is 0. The van der Waals surface area contributed by atoms with E-state index < -0.39 is 6.04 Å². The molecule has 0 saturated heterocycles. The zero-order valence-electron chi connectivity index (χ0n) is 13.7. The quantitative estimate of drug-likeness (QED) is 0.666. The Morgan fingerprint density at radius 2 is 1.75 bits per heavy atom. The molecule has 4 N–H and O–H groups in total. The number of thioether (sulfide) groups is 1. The Bertz CT molecular complexity index is 607. The number of rotatable bonds is 8. The molecule has 0 aliphatic heterocycles. The van der Waals surface area contributed by atoms with E-state index in [0.717, 1.165) is 29.2 Å². The van der Waals surface area contributed by atoms with Gasteiger partial charge in [-0.3, -0.25) is 4.79 Å². The van der Waals surface area contributed by atoms with Crippen LogP contribution in [0.1, 0.15) is 12.0 Å². The van der Waals surface area contributed by atoms with Crippen LogP contribution in [0.2, 0.25) is 0 Å². The Morgan fingerprint density at radius 3 is 2.38 bits per heavy atom. The van der Waals surface area contributed by atoms with Gasteiger partial charge in [0.25, 0.3) is 0 Å². The topological polar surface area (TPSA) is 67.2 Å². The highest BCUT2D eigenvalue weighted by Gasteiger charge is 2.12. The Labute approximate surface area is 154 Å². The van der Waals surface area contributed by atoms with Crippen molar-refractivity contribution in [3.63, 3.8) is 0 Å². The van der Waals surface area contributed by atoms with Crippen molar-refractivity contribution in [3.05, 3.63) is 60.2 Å². The van der Waals surface area contributed by atoms with Gasteiger partial charge in [-0.2, -0.15) is 11.8 Å². The molecule has 0 aliphatic carbocycles. The Kier molecular flexibility index (Phi) is 9.30. The van der Waals surface area contributed by atoms with Gasteiger partial charge in [-0.15, -0.1) is 12.4 Å². The van der Waals surface area contributed by atoms with Crippen LogP contribution in [0.5, 0.6) is 0 Å². The molecule has 2 aromatic carbocycles. The lowest BCUT2D eigenvalue weighted by atomic mass is 10.2. The molecule has 0 aromatic heterocycles. The highest BCUT2D eigenvalue weighted by Crippen LogP contribution is 2.13. The van der Waals surface area contributed by atoms with Crippen LogP contribution in [0.4, 0.5) is 11.4 Å². The summed E-state index contributed by atoms with van der Waals surface area (Å²) in [5.74, 6) is 0.757. The summed E-state index contributed by atoms with van der Waals surface area (Å²) in [5.41, 5.74) is 8.87. The lowest BCUT2D eigenvalue weighted by molar-refractivity contribution is -0.117. The van der Waals surface area contributed by atoms with E-state index in [1.807, 2.05) is 60.9 Å². The van der Waals surface area contributed by atoms with E-state index in [4.69, 9.17) is 5.73 Å². The molecule has 0 saturated carbocycles. The zero-order valence-corrected chi connectivity index (χ0v) is 15.3. The number of nitrogens with one attached hydrogen (secondary N) is 2. The maximum atomic E-state index is 12.0. The molecule has 1 unspecified atom stereocenters. The Balaban J connectivity index is 0.00000288. The molecule has 6 heteroatoms. The lowest BCUT2D eigenvalue weighted by Gasteiger charge is -2.12. The first-order valence-electron chi connectivity index (χ1n) is 7.62. The number of hydrogen-bond donors (Lipinski definition) is 3. The normalized spacial score (nSPS) is 11.2. The van der Waals surface area contributed by atoms with Gasteiger partial charge in [0, 0.05) is 17.9 Å². The van der Waals surface area contributed by atoms with Gasteiger partial charge in [-0.05, 0) is 48.3 Å². The van der Waals surface area contributed by atoms with Crippen molar-refractivity contribution < 1.29 is 4.79 Å². The molecule has 0 aliphatic rings. The molecular weight excluding hydrogens is 342 g/mol. The molecule has 1 atom stereocenters. The van der Waals surface area contributed by atoms with Crippen molar-refractivity contribution in [1.82, 2.24) is 0 Å². The Morgan fingerprint density at radius 1 is 1.08 bits per heavy atom. The van der Waals surface area contributed by atoms with Crippen LogP contribution < -0.4 is 16.4 Å². The second-order valence-corrected chi connectivity index (χ2v) is 6.28. The van der Waals surface area contributed by atoms with Crippen LogP contribution in [-0.4, -0.2) is 24.0 Å². The van der Waals surface area contributed by atoms with E-state index in [9.17, 15) is 4.79 Å². The molecule has 4 nitrogen and oxygen atoms in total. The molecule has 2 rings (SSSR count). The van der Waals surface area contributed by atoms with Gasteiger partial charge >= 0.3 is 0 Å². The van der Waals surface area contributed by atoms with Crippen LogP contribution in [0.25, 0.3) is 0 Å². The van der Waals surface area contributed by atoms with Crippen molar-refractivity contribution in [2.75, 3.05) is 22.6 Å². The van der Waals surface area contributed by atoms with Crippen molar-refractivity contribution >= 4 is 41.5 Å². The van der Waals surface area contributed by atoms with Crippen molar-refractivity contribution in [3.8, 4) is 0 Å². The van der Waals surface area contributed by atoms with Gasteiger partial charge in [0.15, 0.2) is 0 Å². The molecule has 2 aromatic rings. The third kappa shape index (κ3) is 6.83. The number of benzene rings is 2. The summed E-state index contributed by atoms with van der Waals surface area (Å²) in [6.07, 6.45) is 2.69. The number of anilines is 2. The molecule has 130 valence electrons. The summed E-state index contributed by atoms with van der Waals surface area (Å²) < 4.78 is 0. The van der Waals surface area contributed by atoms with Gasteiger partial charge in [-0.1, -0.05) is 30.3 Å². The minimum atomic E-state index is -0.457. The predicted molar refractivity (Wildman–Crippen MR) is 107 cm³/mol. The fourth-order valence-corrected chi connectivity index (χ4v) is 2.57. The fraction of sp³-hybridized carbons (Fsp3) is 0.278. The average Bonchev–Trinajstić information content (AvgIpc) is 2.60. The summed E-state index contributed by atoms with van der Waals surface area (Å²) in [6, 6.07) is 17.4. The van der Waals surface area contributed by atoms with Crippen LogP contribution >= 0.6 is 24.2 Å². The van der Waals surface area contributed by atoms with E-state index in [-0.39, 0.29) is 18.3 Å².